The van der Waals surface area contributed by atoms with Crippen LogP contribution in [-0.2, 0) is 13.5 Å². The summed E-state index contributed by atoms with van der Waals surface area (Å²) >= 11 is 3.53. The Morgan fingerprint density at radius 3 is 2.88 bits per heavy atom. The summed E-state index contributed by atoms with van der Waals surface area (Å²) < 4.78 is 2.94. The van der Waals surface area contributed by atoms with Crippen molar-refractivity contribution < 1.29 is 0 Å². The first-order chi connectivity index (χ1) is 7.74. The van der Waals surface area contributed by atoms with E-state index in [4.69, 9.17) is 5.73 Å². The lowest BCUT2D eigenvalue weighted by molar-refractivity contribution is 0.767. The number of halogens is 1. The number of imidazole rings is 1. The molecule has 16 heavy (non-hydrogen) atoms. The van der Waals surface area contributed by atoms with Gasteiger partial charge in [0.2, 0.25) is 0 Å². The molecule has 0 radical (unpaired) electrons. The lowest BCUT2D eigenvalue weighted by Gasteiger charge is -1.99. The van der Waals surface area contributed by atoms with Crippen LogP contribution in [-0.4, -0.2) is 21.1 Å². The highest BCUT2D eigenvalue weighted by Gasteiger charge is 2.13. The largest absolute Gasteiger partial charge is 0.330 e. The molecule has 0 saturated carbocycles. The van der Waals surface area contributed by atoms with Crippen LogP contribution in [0.2, 0.25) is 0 Å². The quantitative estimate of drug-likeness (QED) is 0.932. The van der Waals surface area contributed by atoms with E-state index < -0.39 is 0 Å². The van der Waals surface area contributed by atoms with Crippen molar-refractivity contribution in [2.45, 2.75) is 6.42 Å². The van der Waals surface area contributed by atoms with Gasteiger partial charge in [-0.1, -0.05) is 6.07 Å². The fourth-order valence-corrected chi connectivity index (χ4v) is 2.04. The number of nitrogens with zero attached hydrogens (tertiary/aromatic N) is 3. The molecule has 0 aliphatic rings. The molecule has 0 atom stereocenters. The van der Waals surface area contributed by atoms with E-state index in [9.17, 15) is 0 Å². The van der Waals surface area contributed by atoms with Gasteiger partial charge >= 0.3 is 0 Å². The summed E-state index contributed by atoms with van der Waals surface area (Å²) in [5.41, 5.74) is 7.28. The molecule has 2 rings (SSSR count). The number of hydrogen-bond donors (Lipinski definition) is 1. The Morgan fingerprint density at radius 2 is 2.25 bits per heavy atom. The second-order valence-electron chi connectivity index (χ2n) is 3.48. The molecule has 5 heteroatoms. The SMILES string of the molecule is Cn1c(CCN)nc(-c2ccccn2)c1Br. The van der Waals surface area contributed by atoms with Crippen molar-refractivity contribution in [1.82, 2.24) is 14.5 Å². The minimum Gasteiger partial charge on any atom is -0.330 e. The van der Waals surface area contributed by atoms with Crippen LogP contribution in [0.4, 0.5) is 0 Å². The van der Waals surface area contributed by atoms with E-state index in [2.05, 4.69) is 25.9 Å². The van der Waals surface area contributed by atoms with Crippen molar-refractivity contribution in [2.24, 2.45) is 12.8 Å². The molecule has 0 saturated heterocycles. The first-order valence-electron chi connectivity index (χ1n) is 5.06. The summed E-state index contributed by atoms with van der Waals surface area (Å²) in [6.45, 7) is 0.596. The lowest BCUT2D eigenvalue weighted by Crippen LogP contribution is -2.07. The van der Waals surface area contributed by atoms with Crippen LogP contribution < -0.4 is 5.73 Å². The average Bonchev–Trinajstić information content (AvgIpc) is 2.59. The van der Waals surface area contributed by atoms with Gasteiger partial charge in [0.15, 0.2) is 0 Å². The Hall–Kier alpha value is -1.20. The first kappa shape index (κ1) is 11.3. The summed E-state index contributed by atoms with van der Waals surface area (Å²) in [6.07, 6.45) is 2.53. The van der Waals surface area contributed by atoms with E-state index >= 15 is 0 Å². The maximum absolute atomic E-state index is 5.54. The van der Waals surface area contributed by atoms with Crippen molar-refractivity contribution in [1.29, 1.82) is 0 Å². The van der Waals surface area contributed by atoms with Gasteiger partial charge in [-0.2, -0.15) is 0 Å². The van der Waals surface area contributed by atoms with Crippen molar-refractivity contribution in [3.05, 3.63) is 34.8 Å². The molecule has 0 spiro atoms. The molecule has 2 aromatic rings. The number of hydrogen-bond acceptors (Lipinski definition) is 3. The average molecular weight is 281 g/mol. The molecular formula is C11H13BrN4. The number of pyridine rings is 1. The third kappa shape index (κ3) is 2.01. The molecule has 0 fully saturated rings. The summed E-state index contributed by atoms with van der Waals surface area (Å²) in [4.78, 5) is 8.83. The predicted octanol–water partition coefficient (Wildman–Crippen LogP) is 1.75. The van der Waals surface area contributed by atoms with Gasteiger partial charge in [0, 0.05) is 19.7 Å². The van der Waals surface area contributed by atoms with Crippen LogP contribution in [0.25, 0.3) is 11.4 Å². The molecule has 0 unspecified atom stereocenters. The van der Waals surface area contributed by atoms with Gasteiger partial charge in [0.25, 0.3) is 0 Å². The Morgan fingerprint density at radius 1 is 1.44 bits per heavy atom. The van der Waals surface area contributed by atoms with Gasteiger partial charge < -0.3 is 10.3 Å². The molecule has 0 aromatic carbocycles. The van der Waals surface area contributed by atoms with Crippen molar-refractivity contribution in [2.75, 3.05) is 6.54 Å². The second-order valence-corrected chi connectivity index (χ2v) is 4.23. The van der Waals surface area contributed by atoms with Crippen LogP contribution >= 0.6 is 15.9 Å². The van der Waals surface area contributed by atoms with Crippen LogP contribution in [0.1, 0.15) is 5.82 Å². The Balaban J connectivity index is 2.46. The maximum atomic E-state index is 5.54. The zero-order chi connectivity index (χ0) is 11.5. The standard InChI is InChI=1S/C11H13BrN4/c1-16-9(5-6-13)15-10(11(16)12)8-4-2-3-7-14-8/h2-4,7H,5-6,13H2,1H3. The van der Waals surface area contributed by atoms with E-state index in [0.717, 1.165) is 28.2 Å². The van der Waals surface area contributed by atoms with Gasteiger partial charge in [-0.25, -0.2) is 4.98 Å². The first-order valence-corrected chi connectivity index (χ1v) is 5.86. The second kappa shape index (κ2) is 4.76. The van der Waals surface area contributed by atoms with Crippen LogP contribution in [0.5, 0.6) is 0 Å². The smallest absolute Gasteiger partial charge is 0.122 e. The summed E-state index contributed by atoms with van der Waals surface area (Å²) in [6, 6.07) is 5.78. The highest BCUT2D eigenvalue weighted by Crippen LogP contribution is 2.26. The molecule has 2 aromatic heterocycles. The normalized spacial score (nSPS) is 10.7. The fourth-order valence-electron chi connectivity index (χ4n) is 1.54. The number of aromatic nitrogens is 3. The molecule has 0 bridgehead atoms. The van der Waals surface area contributed by atoms with Crippen molar-refractivity contribution in [3.8, 4) is 11.4 Å². The maximum Gasteiger partial charge on any atom is 0.122 e. The molecule has 0 aliphatic heterocycles. The molecule has 2 N–H and O–H groups in total. The van der Waals surface area contributed by atoms with Gasteiger partial charge in [-0.05, 0) is 34.6 Å². The van der Waals surface area contributed by atoms with Crippen LogP contribution in [0.15, 0.2) is 29.0 Å². The van der Waals surface area contributed by atoms with Crippen LogP contribution in [0, 0.1) is 0 Å². The Kier molecular flexibility index (Phi) is 3.36. The molecule has 84 valence electrons. The summed E-state index contributed by atoms with van der Waals surface area (Å²) in [5, 5.41) is 0. The highest BCUT2D eigenvalue weighted by molar-refractivity contribution is 9.10. The van der Waals surface area contributed by atoms with Crippen molar-refractivity contribution in [3.63, 3.8) is 0 Å². The highest BCUT2D eigenvalue weighted by atomic mass is 79.9. The molecule has 0 amide bonds. The minimum absolute atomic E-state index is 0.596. The summed E-state index contributed by atoms with van der Waals surface area (Å²) in [5.74, 6) is 0.968. The van der Waals surface area contributed by atoms with Gasteiger partial charge in [-0.15, -0.1) is 0 Å². The zero-order valence-corrected chi connectivity index (χ0v) is 10.6. The minimum atomic E-state index is 0.596. The number of rotatable bonds is 3. The topological polar surface area (TPSA) is 56.7 Å². The molecule has 0 aliphatic carbocycles. The van der Waals surface area contributed by atoms with Gasteiger partial charge in [-0.3, -0.25) is 4.98 Å². The van der Waals surface area contributed by atoms with Crippen LogP contribution in [0.3, 0.4) is 0 Å². The van der Waals surface area contributed by atoms with Crippen molar-refractivity contribution >= 4 is 15.9 Å². The van der Waals surface area contributed by atoms with Gasteiger partial charge in [0.05, 0.1) is 5.69 Å². The fraction of sp³-hybridized carbons (Fsp3) is 0.273. The third-order valence-electron chi connectivity index (χ3n) is 2.39. The molecular weight excluding hydrogens is 268 g/mol. The third-order valence-corrected chi connectivity index (χ3v) is 3.30. The predicted molar refractivity (Wildman–Crippen MR) is 66.9 cm³/mol. The van der Waals surface area contributed by atoms with E-state index in [1.54, 1.807) is 6.20 Å². The zero-order valence-electron chi connectivity index (χ0n) is 9.02. The van der Waals surface area contributed by atoms with E-state index in [1.165, 1.54) is 0 Å². The lowest BCUT2D eigenvalue weighted by atomic mass is 10.3. The Bertz CT molecular complexity index is 478. The molecule has 4 nitrogen and oxygen atoms in total. The number of nitrogens with two attached hydrogens (primary N) is 1. The van der Waals surface area contributed by atoms with Gasteiger partial charge in [0.1, 0.15) is 16.1 Å². The monoisotopic (exact) mass is 280 g/mol. The summed E-state index contributed by atoms with van der Waals surface area (Å²) in [7, 11) is 1.97. The van der Waals surface area contributed by atoms with E-state index in [1.807, 2.05) is 29.8 Å². The van der Waals surface area contributed by atoms with E-state index in [0.29, 0.717) is 6.54 Å². The molecule has 2 heterocycles. The van der Waals surface area contributed by atoms with E-state index in [-0.39, 0.29) is 0 Å². The Labute approximate surface area is 103 Å².